The third kappa shape index (κ3) is 2.09. The average molecular weight is 297 g/mol. The lowest BCUT2D eigenvalue weighted by Crippen LogP contribution is -2.00. The number of hydrogen-bond donors (Lipinski definition) is 1. The average Bonchev–Trinajstić information content (AvgIpc) is 2.26. The number of pyridine rings is 1. The van der Waals surface area contributed by atoms with Crippen molar-refractivity contribution >= 4 is 38.5 Å². The first-order valence-electron chi connectivity index (χ1n) is 4.46. The van der Waals surface area contributed by atoms with E-state index in [-0.39, 0.29) is 16.8 Å². The van der Waals surface area contributed by atoms with Crippen LogP contribution in [0.25, 0.3) is 10.9 Å². The highest BCUT2D eigenvalue weighted by atomic mass is 79.9. The predicted octanol–water partition coefficient (Wildman–Crippen LogP) is 2.60. The van der Waals surface area contributed by atoms with Crippen molar-refractivity contribution in [3.63, 3.8) is 0 Å². The number of non-ortho nitro benzene ring substituents is 1. The molecule has 2 aromatic rings. The van der Waals surface area contributed by atoms with Crippen LogP contribution in [0.1, 0.15) is 10.4 Å². The van der Waals surface area contributed by atoms with E-state index in [9.17, 15) is 14.9 Å². The number of benzene rings is 1. The van der Waals surface area contributed by atoms with Crippen molar-refractivity contribution in [2.45, 2.75) is 0 Å². The third-order valence-corrected chi connectivity index (χ3v) is 2.61. The molecule has 17 heavy (non-hydrogen) atoms. The van der Waals surface area contributed by atoms with Gasteiger partial charge in [-0.3, -0.25) is 10.1 Å². The van der Waals surface area contributed by atoms with Gasteiger partial charge in [-0.15, -0.1) is 0 Å². The zero-order valence-electron chi connectivity index (χ0n) is 8.25. The number of carboxylic acids is 1. The predicted molar refractivity (Wildman–Crippen MR) is 63.1 cm³/mol. The second kappa shape index (κ2) is 4.10. The molecule has 0 aliphatic carbocycles. The number of carbonyl (C=O) groups is 1. The first-order chi connectivity index (χ1) is 7.99. The lowest BCUT2D eigenvalue weighted by Gasteiger charge is -2.01. The molecule has 0 saturated heterocycles. The largest absolute Gasteiger partial charge is 0.478 e. The zero-order valence-corrected chi connectivity index (χ0v) is 9.84. The molecule has 0 radical (unpaired) electrons. The fraction of sp³-hybridized carbons (Fsp3) is 0. The molecule has 0 fully saturated rings. The van der Waals surface area contributed by atoms with Gasteiger partial charge in [0.2, 0.25) is 0 Å². The first-order valence-corrected chi connectivity index (χ1v) is 5.25. The molecule has 6 nitrogen and oxygen atoms in total. The minimum atomic E-state index is -1.21. The number of hydrogen-bond acceptors (Lipinski definition) is 4. The number of nitro groups is 1. The normalized spacial score (nSPS) is 10.4. The van der Waals surface area contributed by atoms with Crippen LogP contribution in [0.4, 0.5) is 5.69 Å². The summed E-state index contributed by atoms with van der Waals surface area (Å²) >= 11 is 3.18. The van der Waals surface area contributed by atoms with Gasteiger partial charge in [-0.25, -0.2) is 9.78 Å². The Balaban J connectivity index is 2.85. The van der Waals surface area contributed by atoms with Crippen LogP contribution < -0.4 is 0 Å². The third-order valence-electron chi connectivity index (χ3n) is 2.17. The van der Waals surface area contributed by atoms with Gasteiger partial charge in [0.1, 0.15) is 5.52 Å². The standard InChI is InChI=1S/C10H5BrN2O4/c11-7-2-5-1-6(10(14)15)3-8(13(16)17)9(5)12-4-7/h1-4H,(H,14,15). The molecular weight excluding hydrogens is 292 g/mol. The highest BCUT2D eigenvalue weighted by Gasteiger charge is 2.17. The maximum Gasteiger partial charge on any atom is 0.335 e. The van der Waals surface area contributed by atoms with Gasteiger partial charge < -0.3 is 5.11 Å². The minimum absolute atomic E-state index is 0.135. The van der Waals surface area contributed by atoms with Crippen molar-refractivity contribution in [2.24, 2.45) is 0 Å². The Hall–Kier alpha value is -2.02. The van der Waals surface area contributed by atoms with Crippen molar-refractivity contribution < 1.29 is 14.8 Å². The van der Waals surface area contributed by atoms with Crippen molar-refractivity contribution in [1.82, 2.24) is 4.98 Å². The van der Waals surface area contributed by atoms with Gasteiger partial charge in [-0.1, -0.05) is 0 Å². The topological polar surface area (TPSA) is 93.3 Å². The van der Waals surface area contributed by atoms with E-state index in [1.807, 2.05) is 0 Å². The monoisotopic (exact) mass is 296 g/mol. The summed E-state index contributed by atoms with van der Waals surface area (Å²) in [4.78, 5) is 25.0. The summed E-state index contributed by atoms with van der Waals surface area (Å²) in [5, 5.41) is 20.1. The van der Waals surface area contributed by atoms with E-state index in [1.165, 1.54) is 12.3 Å². The van der Waals surface area contributed by atoms with E-state index in [0.717, 1.165) is 6.07 Å². The maximum absolute atomic E-state index is 10.8. The highest BCUT2D eigenvalue weighted by Crippen LogP contribution is 2.27. The molecule has 7 heteroatoms. The number of nitro benzene ring substituents is 1. The number of nitrogens with zero attached hydrogens (tertiary/aromatic N) is 2. The molecule has 0 aliphatic heterocycles. The van der Waals surface area contributed by atoms with Crippen LogP contribution in [0.5, 0.6) is 0 Å². The van der Waals surface area contributed by atoms with Gasteiger partial charge in [0.15, 0.2) is 0 Å². The molecule has 0 atom stereocenters. The van der Waals surface area contributed by atoms with Crippen LogP contribution in [0.15, 0.2) is 28.9 Å². The Bertz CT molecular complexity index is 641. The summed E-state index contributed by atoms with van der Waals surface area (Å²) in [6, 6.07) is 3.94. The molecule has 0 bridgehead atoms. The van der Waals surface area contributed by atoms with E-state index in [1.54, 1.807) is 6.07 Å². The number of rotatable bonds is 2. The molecule has 1 N–H and O–H groups in total. The Morgan fingerprint density at radius 2 is 2.12 bits per heavy atom. The lowest BCUT2D eigenvalue weighted by molar-refractivity contribution is -0.383. The first kappa shape index (κ1) is 11.5. The second-order valence-corrected chi connectivity index (χ2v) is 4.20. The van der Waals surface area contributed by atoms with Crippen molar-refractivity contribution in [2.75, 3.05) is 0 Å². The lowest BCUT2D eigenvalue weighted by atomic mass is 10.1. The number of halogens is 1. The molecular formula is C10H5BrN2O4. The second-order valence-electron chi connectivity index (χ2n) is 3.28. The summed E-state index contributed by atoms with van der Waals surface area (Å²) in [5.74, 6) is -1.21. The van der Waals surface area contributed by atoms with Crippen LogP contribution in [-0.4, -0.2) is 21.0 Å². The van der Waals surface area contributed by atoms with E-state index in [2.05, 4.69) is 20.9 Å². The van der Waals surface area contributed by atoms with Crippen LogP contribution in [0.2, 0.25) is 0 Å². The summed E-state index contributed by atoms with van der Waals surface area (Å²) in [6.45, 7) is 0. The van der Waals surface area contributed by atoms with Crippen molar-refractivity contribution in [1.29, 1.82) is 0 Å². The van der Waals surface area contributed by atoms with Crippen LogP contribution in [0, 0.1) is 10.1 Å². The fourth-order valence-electron chi connectivity index (χ4n) is 1.47. The smallest absolute Gasteiger partial charge is 0.335 e. The molecule has 1 aromatic carbocycles. The van der Waals surface area contributed by atoms with E-state index >= 15 is 0 Å². The van der Waals surface area contributed by atoms with Gasteiger partial charge in [0.05, 0.1) is 10.5 Å². The number of fused-ring (bicyclic) bond motifs is 1. The number of aromatic nitrogens is 1. The van der Waals surface area contributed by atoms with Crippen molar-refractivity contribution in [3.05, 3.63) is 44.5 Å². The molecule has 0 unspecified atom stereocenters. The van der Waals surface area contributed by atoms with Gasteiger partial charge >= 0.3 is 5.97 Å². The van der Waals surface area contributed by atoms with E-state index in [4.69, 9.17) is 5.11 Å². The Morgan fingerprint density at radius 1 is 1.41 bits per heavy atom. The fourth-order valence-corrected chi connectivity index (χ4v) is 1.82. The molecule has 0 spiro atoms. The molecule has 1 aromatic heterocycles. The van der Waals surface area contributed by atoms with Crippen LogP contribution in [-0.2, 0) is 0 Å². The quantitative estimate of drug-likeness (QED) is 0.679. The highest BCUT2D eigenvalue weighted by molar-refractivity contribution is 9.10. The SMILES string of the molecule is O=C(O)c1cc([N+](=O)[O-])c2ncc(Br)cc2c1. The summed E-state index contributed by atoms with van der Waals surface area (Å²) in [6.07, 6.45) is 1.43. The van der Waals surface area contributed by atoms with Gasteiger partial charge in [0.25, 0.3) is 5.69 Å². The van der Waals surface area contributed by atoms with Crippen molar-refractivity contribution in [3.8, 4) is 0 Å². The Kier molecular flexibility index (Phi) is 2.76. The van der Waals surface area contributed by atoms with E-state index in [0.29, 0.717) is 9.86 Å². The molecule has 1 heterocycles. The summed E-state index contributed by atoms with van der Waals surface area (Å²) in [5.41, 5.74) is -0.278. The molecule has 0 amide bonds. The van der Waals surface area contributed by atoms with Gasteiger partial charge in [-0.2, -0.15) is 0 Å². The molecule has 2 rings (SSSR count). The molecule has 86 valence electrons. The van der Waals surface area contributed by atoms with Gasteiger partial charge in [0, 0.05) is 22.1 Å². The maximum atomic E-state index is 10.8. The summed E-state index contributed by atoms with van der Waals surface area (Å²) in [7, 11) is 0. The van der Waals surface area contributed by atoms with Crippen LogP contribution in [0.3, 0.4) is 0 Å². The number of carboxylic acid groups (broad SMARTS) is 1. The molecule has 0 aliphatic rings. The Labute approximate surface area is 103 Å². The van der Waals surface area contributed by atoms with E-state index < -0.39 is 10.9 Å². The molecule has 0 saturated carbocycles. The Morgan fingerprint density at radius 3 is 2.71 bits per heavy atom. The zero-order chi connectivity index (χ0) is 12.6. The van der Waals surface area contributed by atoms with Gasteiger partial charge in [-0.05, 0) is 28.1 Å². The number of aromatic carboxylic acids is 1. The van der Waals surface area contributed by atoms with Crippen LogP contribution >= 0.6 is 15.9 Å². The minimum Gasteiger partial charge on any atom is -0.478 e. The summed E-state index contributed by atoms with van der Waals surface area (Å²) < 4.78 is 0.627.